The number of aliphatic hydroxyl groups excluding tert-OH is 2. The zero-order chi connectivity index (χ0) is 50.6. The highest BCUT2D eigenvalue weighted by Gasteiger charge is 2.30. The molecule has 4 atom stereocenters. The van der Waals surface area contributed by atoms with E-state index in [1.54, 1.807) is 48.5 Å². The number of carbonyl (C=O) groups excluding carboxylic acids is 3. The fraction of sp³-hybridized carbons (Fsp3) is 0.347. The molecule has 5 aromatic rings. The monoisotopic (exact) mass is 989 g/mol. The lowest BCUT2D eigenvalue weighted by molar-refractivity contribution is -0.126. The number of carbonyl (C=O) groups is 3. The number of para-hydroxylation sites is 2. The molecule has 1 heterocycles. The van der Waals surface area contributed by atoms with Crippen molar-refractivity contribution in [3.05, 3.63) is 134 Å². The second-order valence-corrected chi connectivity index (χ2v) is 20.3. The summed E-state index contributed by atoms with van der Waals surface area (Å²) in [5, 5.41) is 25.6. The third-order valence-corrected chi connectivity index (χ3v) is 12.8. The second-order valence-electron chi connectivity index (χ2n) is 16.8. The molecule has 0 saturated carbocycles. The maximum atomic E-state index is 13.1. The minimum absolute atomic E-state index is 0.00518. The number of anilines is 1. The number of nitrogens with two attached hydrogens (primary N) is 1. The lowest BCUT2D eigenvalue weighted by Crippen LogP contribution is -2.51. The van der Waals surface area contributed by atoms with E-state index in [2.05, 4.69) is 25.1 Å². The highest BCUT2D eigenvalue weighted by Crippen LogP contribution is 2.25. The van der Waals surface area contributed by atoms with E-state index in [4.69, 9.17) is 15.2 Å². The van der Waals surface area contributed by atoms with Gasteiger partial charge in [-0.2, -0.15) is 0 Å². The number of sulfonamides is 2. The smallest absolute Gasteiger partial charge is 0.243 e. The van der Waals surface area contributed by atoms with E-state index in [0.29, 0.717) is 41.5 Å². The molecule has 8 N–H and O–H groups in total. The molecule has 0 bridgehead atoms. The maximum Gasteiger partial charge on any atom is 0.243 e. The van der Waals surface area contributed by atoms with Crippen molar-refractivity contribution in [2.45, 2.75) is 81.5 Å². The molecular formula is C49H63N7O11S2. The Hall–Kier alpha value is -6.26. The van der Waals surface area contributed by atoms with Gasteiger partial charge in [-0.15, -0.1) is 0 Å². The number of nitrogens with zero attached hydrogens (tertiary/aromatic N) is 2. The summed E-state index contributed by atoms with van der Waals surface area (Å²) in [4.78, 5) is 42.8. The molecule has 5 rings (SSSR count). The Bertz CT molecular complexity index is 2580. The van der Waals surface area contributed by atoms with Gasteiger partial charge in [0.05, 0.1) is 28.0 Å². The zero-order valence-electron chi connectivity index (χ0n) is 39.3. The Labute approximate surface area is 404 Å². The second kappa shape index (κ2) is 27.1. The number of rotatable bonds is 24. The average molecular weight is 990 g/mol. The Morgan fingerprint density at radius 2 is 0.971 bits per heavy atom. The topological polar surface area (TPSA) is 269 Å². The quantitative estimate of drug-likeness (QED) is 0.0442. The summed E-state index contributed by atoms with van der Waals surface area (Å²) in [6.45, 7) is 8.30. The first kappa shape index (κ1) is 55.3. The third kappa shape index (κ3) is 19.0. The number of hydrogen-bond donors (Lipinski definition) is 7. The van der Waals surface area contributed by atoms with Crippen LogP contribution in [0.2, 0.25) is 0 Å². The standard InChI is InChI=1S/C28H34N4O6S.C21H29N3O5S/c1-20(2)17-27(32(21(3)33)22-13-15-29-16-14-22)28(35)30-18-23(34)19-31-39(36,37)26-11-9-25(10-12-26)38-24-7-5-4-6-8-24;1-15(2)12-20(22)21(26)23-13-16(25)14-24-30(27,28)19-10-8-18(9-11-19)29-17-6-4-3-5-7-17/h4-16,20,23,27,31,34H,17-19H2,1-3H3,(H,30,35);3-11,15-16,20,24-25H,12-14,22H2,1-2H3,(H,23,26)/t23?,27-;16?,20-/m00/s1. The summed E-state index contributed by atoms with van der Waals surface area (Å²) in [5.74, 6) is 1.48. The third-order valence-electron chi connectivity index (χ3n) is 9.92. The van der Waals surface area contributed by atoms with Gasteiger partial charge in [-0.25, -0.2) is 26.3 Å². The summed E-state index contributed by atoms with van der Waals surface area (Å²) < 4.78 is 66.2. The summed E-state index contributed by atoms with van der Waals surface area (Å²) >= 11 is 0. The van der Waals surface area contributed by atoms with Crippen LogP contribution in [0, 0.1) is 11.8 Å². The molecular weight excluding hydrogens is 927 g/mol. The summed E-state index contributed by atoms with van der Waals surface area (Å²) in [5.41, 5.74) is 6.30. The van der Waals surface area contributed by atoms with Gasteiger partial charge in [-0.05, 0) is 110 Å². The van der Waals surface area contributed by atoms with Crippen molar-refractivity contribution in [3.8, 4) is 23.0 Å². The Balaban J connectivity index is 0.000000311. The van der Waals surface area contributed by atoms with E-state index in [-0.39, 0.29) is 59.6 Å². The number of hydrogen-bond acceptors (Lipinski definition) is 13. The fourth-order valence-corrected chi connectivity index (χ4v) is 8.65. The summed E-state index contributed by atoms with van der Waals surface area (Å²) in [6, 6.07) is 31.9. The van der Waals surface area contributed by atoms with E-state index in [1.165, 1.54) is 60.6 Å². The molecule has 0 aliphatic rings. The van der Waals surface area contributed by atoms with Crippen LogP contribution < -0.4 is 40.2 Å². The van der Waals surface area contributed by atoms with Gasteiger partial charge in [0.25, 0.3) is 0 Å². The van der Waals surface area contributed by atoms with Gasteiger partial charge in [-0.3, -0.25) is 19.4 Å². The van der Waals surface area contributed by atoms with E-state index in [1.807, 2.05) is 64.1 Å². The van der Waals surface area contributed by atoms with Crippen molar-refractivity contribution in [2.24, 2.45) is 17.6 Å². The van der Waals surface area contributed by atoms with Crippen molar-refractivity contribution in [1.29, 1.82) is 0 Å². The molecule has 0 spiro atoms. The summed E-state index contributed by atoms with van der Waals surface area (Å²) in [6.07, 6.45) is 1.70. The first-order valence-corrected chi connectivity index (χ1v) is 25.2. The van der Waals surface area contributed by atoms with Gasteiger partial charge in [0.15, 0.2) is 0 Å². The van der Waals surface area contributed by atoms with Gasteiger partial charge >= 0.3 is 0 Å². The molecule has 3 amide bonds. The molecule has 0 radical (unpaired) electrons. The first-order chi connectivity index (χ1) is 32.7. The van der Waals surface area contributed by atoms with Crippen molar-refractivity contribution in [2.75, 3.05) is 31.1 Å². The normalized spacial score (nSPS) is 13.2. The largest absolute Gasteiger partial charge is 0.457 e. The number of pyridine rings is 1. The van der Waals surface area contributed by atoms with Crippen LogP contribution >= 0.6 is 0 Å². The van der Waals surface area contributed by atoms with Crippen LogP contribution in [-0.4, -0.2) is 100 Å². The number of aliphatic hydroxyl groups is 2. The molecule has 372 valence electrons. The highest BCUT2D eigenvalue weighted by molar-refractivity contribution is 7.89. The lowest BCUT2D eigenvalue weighted by atomic mass is 10.0. The van der Waals surface area contributed by atoms with Crippen LogP contribution in [0.4, 0.5) is 5.69 Å². The number of nitrogens with one attached hydrogen (secondary N) is 4. The average Bonchev–Trinajstić information content (AvgIpc) is 3.32. The van der Waals surface area contributed by atoms with Crippen molar-refractivity contribution in [3.63, 3.8) is 0 Å². The van der Waals surface area contributed by atoms with Crippen molar-refractivity contribution in [1.82, 2.24) is 25.1 Å². The van der Waals surface area contributed by atoms with Crippen LogP contribution in [0.3, 0.4) is 0 Å². The molecule has 20 heteroatoms. The summed E-state index contributed by atoms with van der Waals surface area (Å²) in [7, 11) is -7.73. The Kier molecular flexibility index (Phi) is 21.7. The molecule has 0 aliphatic heterocycles. The minimum Gasteiger partial charge on any atom is -0.457 e. The van der Waals surface area contributed by atoms with Crippen molar-refractivity contribution >= 4 is 43.5 Å². The van der Waals surface area contributed by atoms with Crippen LogP contribution in [0.15, 0.2) is 144 Å². The van der Waals surface area contributed by atoms with Crippen LogP contribution in [0.1, 0.15) is 47.5 Å². The minimum atomic E-state index is -3.91. The number of benzene rings is 4. The Morgan fingerprint density at radius 1 is 0.580 bits per heavy atom. The fourth-order valence-electron chi connectivity index (χ4n) is 6.51. The number of amides is 3. The van der Waals surface area contributed by atoms with Crippen molar-refractivity contribution < 1.29 is 50.9 Å². The van der Waals surface area contributed by atoms with E-state index >= 15 is 0 Å². The maximum absolute atomic E-state index is 13.1. The van der Waals surface area contributed by atoms with E-state index in [9.17, 15) is 41.4 Å². The molecule has 1 aromatic heterocycles. The lowest BCUT2D eigenvalue weighted by Gasteiger charge is -2.31. The Morgan fingerprint density at radius 3 is 1.36 bits per heavy atom. The van der Waals surface area contributed by atoms with Gasteiger partial charge < -0.3 is 41.0 Å². The van der Waals surface area contributed by atoms with Gasteiger partial charge in [0.2, 0.25) is 37.8 Å². The highest BCUT2D eigenvalue weighted by atomic mass is 32.2. The molecule has 69 heavy (non-hydrogen) atoms. The van der Waals surface area contributed by atoms with Gasteiger partial charge in [0.1, 0.15) is 29.0 Å². The van der Waals surface area contributed by atoms with Crippen LogP contribution in [0.5, 0.6) is 23.0 Å². The number of aromatic nitrogens is 1. The molecule has 18 nitrogen and oxygen atoms in total. The molecule has 4 aromatic carbocycles. The van der Waals surface area contributed by atoms with E-state index < -0.39 is 50.2 Å². The zero-order valence-corrected chi connectivity index (χ0v) is 40.9. The first-order valence-electron chi connectivity index (χ1n) is 22.3. The molecule has 0 aliphatic carbocycles. The van der Waals surface area contributed by atoms with Crippen LogP contribution in [0.25, 0.3) is 0 Å². The molecule has 0 fully saturated rings. The number of ether oxygens (including phenoxy) is 2. The van der Waals surface area contributed by atoms with E-state index in [0.717, 1.165) is 0 Å². The molecule has 2 unspecified atom stereocenters. The van der Waals surface area contributed by atoms with Gasteiger partial charge in [0, 0.05) is 51.2 Å². The SMILES string of the molecule is CC(=O)N(c1ccncc1)[C@@H](CC(C)C)C(=O)NCC(O)CNS(=O)(=O)c1ccc(Oc2ccccc2)cc1.CC(C)C[C@H](N)C(=O)NCC(O)CNS(=O)(=O)c1ccc(Oc2ccccc2)cc1. The molecule has 0 saturated heterocycles. The van der Waals surface area contributed by atoms with Crippen LogP contribution in [-0.2, 0) is 34.4 Å². The predicted molar refractivity (Wildman–Crippen MR) is 262 cm³/mol. The predicted octanol–water partition coefficient (Wildman–Crippen LogP) is 4.70. The van der Waals surface area contributed by atoms with Gasteiger partial charge in [-0.1, -0.05) is 64.1 Å².